The second-order valence-electron chi connectivity index (χ2n) is 5.29. The van der Waals surface area contributed by atoms with Crippen molar-refractivity contribution in [2.24, 2.45) is 0 Å². The van der Waals surface area contributed by atoms with E-state index in [2.05, 4.69) is 28.2 Å². The Hall–Kier alpha value is -2.29. The van der Waals surface area contributed by atoms with Gasteiger partial charge in [-0.3, -0.25) is 9.97 Å². The maximum atomic E-state index is 13.9. The van der Waals surface area contributed by atoms with E-state index in [9.17, 15) is 4.39 Å². The first-order valence-corrected chi connectivity index (χ1v) is 7.11. The Morgan fingerprint density at radius 2 is 1.81 bits per heavy atom. The van der Waals surface area contributed by atoms with Crippen molar-refractivity contribution in [2.45, 2.75) is 27.2 Å². The molecule has 0 bridgehead atoms. The Labute approximate surface area is 123 Å². The molecule has 0 aliphatic heterocycles. The fourth-order valence-electron chi connectivity index (χ4n) is 2.69. The van der Waals surface area contributed by atoms with Gasteiger partial charge in [-0.2, -0.15) is 0 Å². The van der Waals surface area contributed by atoms with Gasteiger partial charge in [0.25, 0.3) is 0 Å². The molecule has 3 heteroatoms. The van der Waals surface area contributed by atoms with E-state index in [1.807, 2.05) is 33.0 Å². The van der Waals surface area contributed by atoms with Crippen molar-refractivity contribution >= 4 is 10.8 Å². The fraction of sp³-hybridized carbons (Fsp3) is 0.222. The van der Waals surface area contributed by atoms with Gasteiger partial charge >= 0.3 is 0 Å². The highest BCUT2D eigenvalue weighted by molar-refractivity contribution is 5.87. The molecule has 0 radical (unpaired) electrons. The van der Waals surface area contributed by atoms with Gasteiger partial charge in [0.1, 0.15) is 5.82 Å². The van der Waals surface area contributed by atoms with Gasteiger partial charge < -0.3 is 0 Å². The second-order valence-corrected chi connectivity index (χ2v) is 5.29. The molecule has 2 heterocycles. The van der Waals surface area contributed by atoms with Crippen LogP contribution < -0.4 is 0 Å². The van der Waals surface area contributed by atoms with Gasteiger partial charge in [0, 0.05) is 28.5 Å². The van der Waals surface area contributed by atoms with Crippen LogP contribution in [0.25, 0.3) is 21.9 Å². The lowest BCUT2D eigenvalue weighted by atomic mass is 9.96. The zero-order chi connectivity index (χ0) is 15.0. The summed E-state index contributed by atoms with van der Waals surface area (Å²) in [6.07, 6.45) is 3.95. The Morgan fingerprint density at radius 1 is 1.00 bits per heavy atom. The van der Waals surface area contributed by atoms with E-state index in [1.165, 1.54) is 6.20 Å². The smallest absolute Gasteiger partial charge is 0.145 e. The molecule has 3 aromatic rings. The van der Waals surface area contributed by atoms with Crippen LogP contribution in [0.1, 0.15) is 23.9 Å². The summed E-state index contributed by atoms with van der Waals surface area (Å²) >= 11 is 0. The number of halogens is 1. The highest BCUT2D eigenvalue weighted by Crippen LogP contribution is 2.30. The molecule has 21 heavy (non-hydrogen) atoms. The van der Waals surface area contributed by atoms with Crippen LogP contribution in [-0.4, -0.2) is 9.97 Å². The molecule has 0 N–H and O–H groups in total. The number of nitrogens with zero attached hydrogens (tertiary/aromatic N) is 2. The summed E-state index contributed by atoms with van der Waals surface area (Å²) in [5.41, 5.74) is 4.47. The molecule has 0 atom stereocenters. The lowest BCUT2D eigenvalue weighted by Crippen LogP contribution is -1.98. The molecule has 2 aromatic heterocycles. The van der Waals surface area contributed by atoms with Crippen molar-refractivity contribution < 1.29 is 4.39 Å². The van der Waals surface area contributed by atoms with Crippen molar-refractivity contribution in [3.05, 3.63) is 59.4 Å². The van der Waals surface area contributed by atoms with Gasteiger partial charge in [-0.25, -0.2) is 4.39 Å². The van der Waals surface area contributed by atoms with Gasteiger partial charge in [0.2, 0.25) is 0 Å². The Balaban J connectivity index is 2.25. The molecular formula is C18H17FN2. The van der Waals surface area contributed by atoms with Crippen LogP contribution in [-0.2, 0) is 6.42 Å². The lowest BCUT2D eigenvalue weighted by Gasteiger charge is -2.12. The van der Waals surface area contributed by atoms with E-state index in [0.717, 1.165) is 39.7 Å². The lowest BCUT2D eigenvalue weighted by molar-refractivity contribution is 0.610. The molecule has 0 spiro atoms. The Morgan fingerprint density at radius 3 is 2.57 bits per heavy atom. The minimum atomic E-state index is -0.260. The SMILES string of the molecule is CCc1ncc(F)c(C)c1-c1ccc2cc(C)ncc2c1. The summed E-state index contributed by atoms with van der Waals surface area (Å²) in [6.45, 7) is 5.82. The standard InChI is InChI=1S/C18H17FN2/c1-4-17-18(12(3)16(19)10-21-17)14-6-5-13-7-11(2)20-9-15(13)8-14/h5-10H,4H2,1-3H3. The second kappa shape index (κ2) is 5.24. The maximum absolute atomic E-state index is 13.9. The largest absolute Gasteiger partial charge is 0.261 e. The molecule has 106 valence electrons. The van der Waals surface area contributed by atoms with Crippen LogP contribution in [0, 0.1) is 19.7 Å². The molecule has 0 aliphatic rings. The average molecular weight is 280 g/mol. The third kappa shape index (κ3) is 2.40. The molecule has 1 aromatic carbocycles. The Bertz CT molecular complexity index is 825. The summed E-state index contributed by atoms with van der Waals surface area (Å²) in [5.74, 6) is -0.260. The third-order valence-corrected chi connectivity index (χ3v) is 3.84. The normalized spacial score (nSPS) is 11.0. The van der Waals surface area contributed by atoms with E-state index in [4.69, 9.17) is 0 Å². The van der Waals surface area contributed by atoms with E-state index < -0.39 is 0 Å². The summed E-state index contributed by atoms with van der Waals surface area (Å²) in [4.78, 5) is 8.57. The summed E-state index contributed by atoms with van der Waals surface area (Å²) in [7, 11) is 0. The van der Waals surface area contributed by atoms with E-state index in [0.29, 0.717) is 5.56 Å². The van der Waals surface area contributed by atoms with Crippen LogP contribution in [0.5, 0.6) is 0 Å². The number of benzene rings is 1. The van der Waals surface area contributed by atoms with Crippen molar-refractivity contribution in [1.82, 2.24) is 9.97 Å². The number of aryl methyl sites for hydroxylation is 2. The molecule has 2 nitrogen and oxygen atoms in total. The fourth-order valence-corrected chi connectivity index (χ4v) is 2.69. The minimum absolute atomic E-state index is 0.260. The minimum Gasteiger partial charge on any atom is -0.261 e. The number of hydrogen-bond donors (Lipinski definition) is 0. The number of rotatable bonds is 2. The van der Waals surface area contributed by atoms with Crippen LogP contribution >= 0.6 is 0 Å². The molecule has 0 saturated heterocycles. The third-order valence-electron chi connectivity index (χ3n) is 3.84. The van der Waals surface area contributed by atoms with Gasteiger partial charge in [-0.05, 0) is 48.9 Å². The summed E-state index contributed by atoms with van der Waals surface area (Å²) in [6, 6.07) is 8.20. The van der Waals surface area contributed by atoms with Crippen molar-refractivity contribution in [1.29, 1.82) is 0 Å². The average Bonchev–Trinajstić information content (AvgIpc) is 2.49. The van der Waals surface area contributed by atoms with E-state index in [-0.39, 0.29) is 5.82 Å². The monoisotopic (exact) mass is 280 g/mol. The zero-order valence-corrected chi connectivity index (χ0v) is 12.4. The number of pyridine rings is 2. The molecule has 0 amide bonds. The van der Waals surface area contributed by atoms with E-state index in [1.54, 1.807) is 0 Å². The van der Waals surface area contributed by atoms with Crippen LogP contribution in [0.3, 0.4) is 0 Å². The van der Waals surface area contributed by atoms with Crippen molar-refractivity contribution in [3.63, 3.8) is 0 Å². The number of fused-ring (bicyclic) bond motifs is 1. The molecule has 0 unspecified atom stereocenters. The number of hydrogen-bond acceptors (Lipinski definition) is 2. The maximum Gasteiger partial charge on any atom is 0.145 e. The molecule has 0 fully saturated rings. The molecule has 3 rings (SSSR count). The van der Waals surface area contributed by atoms with Gasteiger partial charge in [-0.15, -0.1) is 0 Å². The van der Waals surface area contributed by atoms with E-state index >= 15 is 0 Å². The molecule has 0 saturated carbocycles. The van der Waals surface area contributed by atoms with Gasteiger partial charge in [0.05, 0.1) is 6.20 Å². The van der Waals surface area contributed by atoms with Crippen LogP contribution in [0.15, 0.2) is 36.7 Å². The van der Waals surface area contributed by atoms with Crippen LogP contribution in [0.2, 0.25) is 0 Å². The molecule has 0 aliphatic carbocycles. The van der Waals surface area contributed by atoms with Crippen molar-refractivity contribution in [2.75, 3.05) is 0 Å². The van der Waals surface area contributed by atoms with Gasteiger partial charge in [0.15, 0.2) is 0 Å². The number of aromatic nitrogens is 2. The zero-order valence-electron chi connectivity index (χ0n) is 12.4. The molecular weight excluding hydrogens is 263 g/mol. The summed E-state index contributed by atoms with van der Waals surface area (Å²) in [5, 5.41) is 2.20. The Kier molecular flexibility index (Phi) is 3.42. The first-order valence-electron chi connectivity index (χ1n) is 7.11. The quantitative estimate of drug-likeness (QED) is 0.684. The first kappa shape index (κ1) is 13.7. The predicted molar refractivity (Wildman–Crippen MR) is 83.8 cm³/mol. The predicted octanol–water partition coefficient (Wildman–Crippen LogP) is 4.62. The first-order chi connectivity index (χ1) is 10.1. The van der Waals surface area contributed by atoms with Crippen LogP contribution in [0.4, 0.5) is 4.39 Å². The van der Waals surface area contributed by atoms with Gasteiger partial charge in [-0.1, -0.05) is 19.1 Å². The van der Waals surface area contributed by atoms with Crippen molar-refractivity contribution in [3.8, 4) is 11.1 Å². The highest BCUT2D eigenvalue weighted by Gasteiger charge is 2.13. The highest BCUT2D eigenvalue weighted by atomic mass is 19.1. The summed E-state index contributed by atoms with van der Waals surface area (Å²) < 4.78 is 13.9. The topological polar surface area (TPSA) is 25.8 Å².